The molecule has 0 spiro atoms. The van der Waals surface area contributed by atoms with Crippen LogP contribution in [0.5, 0.6) is 17.2 Å². The quantitative estimate of drug-likeness (QED) is 0.404. The molecule has 5 nitrogen and oxygen atoms in total. The zero-order valence-electron chi connectivity index (χ0n) is 18.6. The second-order valence-electron chi connectivity index (χ2n) is 7.47. The van der Waals surface area contributed by atoms with Crippen LogP contribution in [0.25, 0.3) is 21.9 Å². The van der Waals surface area contributed by atoms with Crippen LogP contribution in [-0.4, -0.2) is 27.2 Å². The zero-order chi connectivity index (χ0) is 22.7. The van der Waals surface area contributed by atoms with Crippen LogP contribution in [0.2, 0.25) is 0 Å². The van der Waals surface area contributed by atoms with E-state index < -0.39 is 0 Å². The Labute approximate surface area is 187 Å². The SMILES string of the molecule is COc1ccccc1NC(=O)c1cc(-c2ccc(C)cc2)c2cc(OC)c(OC)cc2c1. The highest BCUT2D eigenvalue weighted by atomic mass is 16.5. The molecular formula is C27H25NO4. The van der Waals surface area contributed by atoms with E-state index >= 15 is 0 Å². The van der Waals surface area contributed by atoms with Crippen molar-refractivity contribution in [1.82, 2.24) is 0 Å². The van der Waals surface area contributed by atoms with Gasteiger partial charge in [-0.1, -0.05) is 42.0 Å². The van der Waals surface area contributed by atoms with Gasteiger partial charge in [0.2, 0.25) is 0 Å². The van der Waals surface area contributed by atoms with Crippen molar-refractivity contribution in [3.05, 3.63) is 83.9 Å². The summed E-state index contributed by atoms with van der Waals surface area (Å²) < 4.78 is 16.4. The summed E-state index contributed by atoms with van der Waals surface area (Å²) in [4.78, 5) is 13.2. The number of rotatable bonds is 6. The number of carbonyl (C=O) groups excluding carboxylic acids is 1. The normalized spacial score (nSPS) is 10.6. The van der Waals surface area contributed by atoms with Gasteiger partial charge in [-0.25, -0.2) is 0 Å². The molecule has 0 heterocycles. The Morgan fingerprint density at radius 2 is 1.41 bits per heavy atom. The molecule has 4 aromatic rings. The standard InChI is InChI=1S/C27H25NO4/c1-17-9-11-18(12-10-17)21-14-20(27(29)28-23-7-5-6-8-24(23)30-2)13-19-15-25(31-3)26(32-4)16-22(19)21/h5-16H,1-4H3,(H,28,29). The summed E-state index contributed by atoms with van der Waals surface area (Å²) in [5.74, 6) is 1.63. The molecule has 0 aliphatic carbocycles. The minimum absolute atomic E-state index is 0.223. The zero-order valence-corrected chi connectivity index (χ0v) is 18.6. The lowest BCUT2D eigenvalue weighted by atomic mass is 9.94. The molecule has 0 aromatic heterocycles. The predicted octanol–water partition coefficient (Wildman–Crippen LogP) is 6.09. The van der Waals surface area contributed by atoms with E-state index in [0.717, 1.165) is 21.9 Å². The van der Waals surface area contributed by atoms with Crippen molar-refractivity contribution in [3.63, 3.8) is 0 Å². The number of benzene rings is 4. The molecule has 5 heteroatoms. The highest BCUT2D eigenvalue weighted by molar-refractivity contribution is 6.10. The number of hydrogen-bond donors (Lipinski definition) is 1. The highest BCUT2D eigenvalue weighted by Gasteiger charge is 2.16. The maximum absolute atomic E-state index is 13.2. The molecule has 0 bridgehead atoms. The van der Waals surface area contributed by atoms with Crippen LogP contribution < -0.4 is 19.5 Å². The summed E-state index contributed by atoms with van der Waals surface area (Å²) in [7, 11) is 4.79. The number of para-hydroxylation sites is 2. The molecule has 4 aromatic carbocycles. The van der Waals surface area contributed by atoms with Crippen LogP contribution >= 0.6 is 0 Å². The molecule has 0 atom stereocenters. The topological polar surface area (TPSA) is 56.8 Å². The van der Waals surface area contributed by atoms with Crippen LogP contribution in [0.15, 0.2) is 72.8 Å². The molecule has 0 aliphatic rings. The minimum Gasteiger partial charge on any atom is -0.495 e. The predicted molar refractivity (Wildman–Crippen MR) is 128 cm³/mol. The third-order valence-corrected chi connectivity index (χ3v) is 5.44. The number of carbonyl (C=O) groups is 1. The highest BCUT2D eigenvalue weighted by Crippen LogP contribution is 2.38. The number of fused-ring (bicyclic) bond motifs is 1. The number of aryl methyl sites for hydroxylation is 1. The van der Waals surface area contributed by atoms with Gasteiger partial charge in [0, 0.05) is 5.56 Å². The Morgan fingerprint density at radius 1 is 0.750 bits per heavy atom. The Morgan fingerprint density at radius 3 is 2.09 bits per heavy atom. The third-order valence-electron chi connectivity index (χ3n) is 5.44. The lowest BCUT2D eigenvalue weighted by Gasteiger charge is -2.15. The lowest BCUT2D eigenvalue weighted by Crippen LogP contribution is -2.13. The summed E-state index contributed by atoms with van der Waals surface area (Å²) in [6, 6.07) is 23.2. The number of amides is 1. The van der Waals surface area contributed by atoms with Gasteiger partial charge in [0.05, 0.1) is 27.0 Å². The van der Waals surface area contributed by atoms with E-state index in [1.165, 1.54) is 5.56 Å². The molecule has 0 radical (unpaired) electrons. The summed E-state index contributed by atoms with van der Waals surface area (Å²) in [6.45, 7) is 2.05. The monoisotopic (exact) mass is 427 g/mol. The Bertz CT molecular complexity index is 1280. The van der Waals surface area contributed by atoms with Gasteiger partial charge in [-0.05, 0) is 65.2 Å². The van der Waals surface area contributed by atoms with Gasteiger partial charge in [0.15, 0.2) is 11.5 Å². The van der Waals surface area contributed by atoms with E-state index in [1.54, 1.807) is 21.3 Å². The fraction of sp³-hybridized carbons (Fsp3) is 0.148. The van der Waals surface area contributed by atoms with Crippen molar-refractivity contribution in [2.45, 2.75) is 6.92 Å². The first-order valence-electron chi connectivity index (χ1n) is 10.2. The molecular weight excluding hydrogens is 402 g/mol. The molecule has 32 heavy (non-hydrogen) atoms. The summed E-state index contributed by atoms with van der Waals surface area (Å²) in [6.07, 6.45) is 0. The van der Waals surface area contributed by atoms with Crippen LogP contribution in [0, 0.1) is 6.92 Å². The number of ether oxygens (including phenoxy) is 3. The van der Waals surface area contributed by atoms with Crippen LogP contribution in [0.1, 0.15) is 15.9 Å². The van der Waals surface area contributed by atoms with E-state index in [9.17, 15) is 4.79 Å². The second-order valence-corrected chi connectivity index (χ2v) is 7.47. The second kappa shape index (κ2) is 9.02. The Kier molecular flexibility index (Phi) is 5.99. The molecule has 4 rings (SSSR count). The van der Waals surface area contributed by atoms with Crippen molar-refractivity contribution < 1.29 is 19.0 Å². The fourth-order valence-corrected chi connectivity index (χ4v) is 3.74. The van der Waals surface area contributed by atoms with Gasteiger partial charge in [0.1, 0.15) is 5.75 Å². The molecule has 0 unspecified atom stereocenters. The maximum Gasteiger partial charge on any atom is 0.255 e. The molecule has 0 aliphatic heterocycles. The van der Waals surface area contributed by atoms with Crippen molar-refractivity contribution in [3.8, 4) is 28.4 Å². The summed E-state index contributed by atoms with van der Waals surface area (Å²) in [5.41, 5.74) is 4.27. The maximum atomic E-state index is 13.2. The molecule has 1 N–H and O–H groups in total. The van der Waals surface area contributed by atoms with E-state index in [2.05, 4.69) is 29.6 Å². The third kappa shape index (κ3) is 4.10. The van der Waals surface area contributed by atoms with Crippen LogP contribution in [0.4, 0.5) is 5.69 Å². The Balaban J connectivity index is 1.87. The first-order valence-corrected chi connectivity index (χ1v) is 10.2. The summed E-state index contributed by atoms with van der Waals surface area (Å²) in [5, 5.41) is 4.81. The molecule has 0 saturated carbocycles. The van der Waals surface area contributed by atoms with Crippen LogP contribution in [0.3, 0.4) is 0 Å². The van der Waals surface area contributed by atoms with Gasteiger partial charge >= 0.3 is 0 Å². The molecule has 1 amide bonds. The number of methoxy groups -OCH3 is 3. The fourth-order valence-electron chi connectivity index (χ4n) is 3.74. The number of hydrogen-bond acceptors (Lipinski definition) is 4. The average molecular weight is 428 g/mol. The van der Waals surface area contributed by atoms with E-state index in [-0.39, 0.29) is 5.91 Å². The summed E-state index contributed by atoms with van der Waals surface area (Å²) >= 11 is 0. The number of anilines is 1. The van der Waals surface area contributed by atoms with Gasteiger partial charge in [-0.2, -0.15) is 0 Å². The molecule has 162 valence electrons. The first kappa shape index (κ1) is 21.2. The number of nitrogens with one attached hydrogen (secondary N) is 1. The van der Waals surface area contributed by atoms with Gasteiger partial charge < -0.3 is 19.5 Å². The minimum atomic E-state index is -0.223. The largest absolute Gasteiger partial charge is 0.495 e. The van der Waals surface area contributed by atoms with E-state index in [0.29, 0.717) is 28.5 Å². The van der Waals surface area contributed by atoms with Crippen molar-refractivity contribution in [2.24, 2.45) is 0 Å². The Hall–Kier alpha value is -3.99. The van der Waals surface area contributed by atoms with E-state index in [4.69, 9.17) is 14.2 Å². The van der Waals surface area contributed by atoms with Crippen molar-refractivity contribution in [1.29, 1.82) is 0 Å². The van der Waals surface area contributed by atoms with Gasteiger partial charge in [-0.15, -0.1) is 0 Å². The average Bonchev–Trinajstić information content (AvgIpc) is 2.83. The first-order chi connectivity index (χ1) is 15.5. The van der Waals surface area contributed by atoms with E-state index in [1.807, 2.05) is 55.5 Å². The van der Waals surface area contributed by atoms with Crippen molar-refractivity contribution in [2.75, 3.05) is 26.6 Å². The molecule has 0 fully saturated rings. The van der Waals surface area contributed by atoms with Crippen molar-refractivity contribution >= 4 is 22.4 Å². The van der Waals surface area contributed by atoms with Crippen LogP contribution in [-0.2, 0) is 0 Å². The molecule has 0 saturated heterocycles. The van der Waals surface area contributed by atoms with Gasteiger partial charge in [0.25, 0.3) is 5.91 Å². The van der Waals surface area contributed by atoms with Gasteiger partial charge in [-0.3, -0.25) is 4.79 Å². The smallest absolute Gasteiger partial charge is 0.255 e. The lowest BCUT2D eigenvalue weighted by molar-refractivity contribution is 0.102.